The van der Waals surface area contributed by atoms with E-state index in [-0.39, 0.29) is 17.3 Å². The van der Waals surface area contributed by atoms with Crippen LogP contribution in [0.5, 0.6) is 0 Å². The molecule has 7 heteroatoms. The topological polar surface area (TPSA) is 84.5 Å². The van der Waals surface area contributed by atoms with Crippen LogP contribution in [0.2, 0.25) is 0 Å². The highest BCUT2D eigenvalue weighted by Crippen LogP contribution is 2.11. The molecule has 0 saturated heterocycles. The SMILES string of the molecule is COCCNS(=O)(=O)c1ccc(C(=O)NCc2cccc(C)c2)cc1. The van der Waals surface area contributed by atoms with Crippen molar-refractivity contribution in [1.82, 2.24) is 10.0 Å². The number of rotatable bonds is 8. The molecule has 134 valence electrons. The zero-order valence-corrected chi connectivity index (χ0v) is 15.1. The molecule has 1 amide bonds. The van der Waals surface area contributed by atoms with Crippen molar-refractivity contribution in [1.29, 1.82) is 0 Å². The van der Waals surface area contributed by atoms with Crippen LogP contribution < -0.4 is 10.0 Å². The van der Waals surface area contributed by atoms with Gasteiger partial charge in [0, 0.05) is 25.8 Å². The Morgan fingerprint density at radius 3 is 2.48 bits per heavy atom. The van der Waals surface area contributed by atoms with E-state index in [1.807, 2.05) is 31.2 Å². The quantitative estimate of drug-likeness (QED) is 0.702. The number of aryl methyl sites for hydroxylation is 1. The van der Waals surface area contributed by atoms with E-state index in [0.29, 0.717) is 18.7 Å². The highest BCUT2D eigenvalue weighted by atomic mass is 32.2. The summed E-state index contributed by atoms with van der Waals surface area (Å²) >= 11 is 0. The van der Waals surface area contributed by atoms with Crippen LogP contribution in [0.3, 0.4) is 0 Å². The van der Waals surface area contributed by atoms with Gasteiger partial charge in [-0.2, -0.15) is 0 Å². The Bertz CT molecular complexity index is 817. The maximum atomic E-state index is 12.2. The van der Waals surface area contributed by atoms with E-state index < -0.39 is 10.0 Å². The van der Waals surface area contributed by atoms with Gasteiger partial charge in [0.15, 0.2) is 0 Å². The van der Waals surface area contributed by atoms with Crippen LogP contribution in [0.25, 0.3) is 0 Å². The van der Waals surface area contributed by atoms with Gasteiger partial charge in [-0.3, -0.25) is 4.79 Å². The maximum Gasteiger partial charge on any atom is 0.251 e. The Morgan fingerprint density at radius 1 is 1.12 bits per heavy atom. The third-order valence-electron chi connectivity index (χ3n) is 3.56. The molecule has 0 atom stereocenters. The Labute approximate surface area is 148 Å². The van der Waals surface area contributed by atoms with Gasteiger partial charge in [0.05, 0.1) is 11.5 Å². The van der Waals surface area contributed by atoms with Crippen molar-refractivity contribution < 1.29 is 17.9 Å². The van der Waals surface area contributed by atoms with Crippen molar-refractivity contribution in [2.75, 3.05) is 20.3 Å². The lowest BCUT2D eigenvalue weighted by Gasteiger charge is -2.08. The molecule has 0 bridgehead atoms. The van der Waals surface area contributed by atoms with Crippen LogP contribution in [0, 0.1) is 6.92 Å². The van der Waals surface area contributed by atoms with Gasteiger partial charge in [0.2, 0.25) is 10.0 Å². The summed E-state index contributed by atoms with van der Waals surface area (Å²) in [7, 11) is -2.10. The van der Waals surface area contributed by atoms with Gasteiger partial charge >= 0.3 is 0 Å². The smallest absolute Gasteiger partial charge is 0.251 e. The number of methoxy groups -OCH3 is 1. The predicted molar refractivity (Wildman–Crippen MR) is 95.9 cm³/mol. The second-order valence-electron chi connectivity index (χ2n) is 5.59. The van der Waals surface area contributed by atoms with E-state index >= 15 is 0 Å². The van der Waals surface area contributed by atoms with Gasteiger partial charge in [-0.05, 0) is 36.8 Å². The van der Waals surface area contributed by atoms with Crippen molar-refractivity contribution in [3.63, 3.8) is 0 Å². The Kier molecular flexibility index (Phi) is 6.69. The Hall–Kier alpha value is -2.22. The Morgan fingerprint density at radius 2 is 1.84 bits per heavy atom. The number of hydrogen-bond acceptors (Lipinski definition) is 4. The van der Waals surface area contributed by atoms with Crippen molar-refractivity contribution in [2.24, 2.45) is 0 Å². The van der Waals surface area contributed by atoms with Gasteiger partial charge in [0.25, 0.3) is 5.91 Å². The van der Waals surface area contributed by atoms with Crippen molar-refractivity contribution in [3.05, 3.63) is 65.2 Å². The minimum absolute atomic E-state index is 0.110. The van der Waals surface area contributed by atoms with Crippen LogP contribution in [-0.2, 0) is 21.3 Å². The molecule has 0 fully saturated rings. The second-order valence-corrected chi connectivity index (χ2v) is 7.35. The average Bonchev–Trinajstić information content (AvgIpc) is 2.60. The third kappa shape index (κ3) is 5.67. The number of sulfonamides is 1. The van der Waals surface area contributed by atoms with Gasteiger partial charge in [-0.1, -0.05) is 29.8 Å². The largest absolute Gasteiger partial charge is 0.383 e. The molecule has 0 unspecified atom stereocenters. The maximum absolute atomic E-state index is 12.2. The van der Waals surface area contributed by atoms with Gasteiger partial charge in [0.1, 0.15) is 0 Å². The summed E-state index contributed by atoms with van der Waals surface area (Å²) in [6.45, 7) is 2.89. The van der Waals surface area contributed by atoms with Crippen molar-refractivity contribution in [3.8, 4) is 0 Å². The zero-order valence-electron chi connectivity index (χ0n) is 14.3. The third-order valence-corrected chi connectivity index (χ3v) is 5.04. The molecule has 2 N–H and O–H groups in total. The summed E-state index contributed by atoms with van der Waals surface area (Å²) in [6.07, 6.45) is 0. The van der Waals surface area contributed by atoms with Crippen LogP contribution in [-0.4, -0.2) is 34.6 Å². The molecule has 0 heterocycles. The molecule has 0 aromatic heterocycles. The van der Waals surface area contributed by atoms with Crippen LogP contribution in [0.1, 0.15) is 21.5 Å². The molecule has 25 heavy (non-hydrogen) atoms. The molecule has 0 aliphatic rings. The number of benzene rings is 2. The standard InChI is InChI=1S/C18H22N2O4S/c1-14-4-3-5-15(12-14)13-19-18(21)16-6-8-17(9-7-16)25(22,23)20-10-11-24-2/h3-9,12,20H,10-11,13H2,1-2H3,(H,19,21). The lowest BCUT2D eigenvalue weighted by Crippen LogP contribution is -2.27. The van der Waals surface area contributed by atoms with E-state index in [2.05, 4.69) is 10.0 Å². The van der Waals surface area contributed by atoms with E-state index in [4.69, 9.17) is 4.74 Å². The van der Waals surface area contributed by atoms with E-state index in [1.165, 1.54) is 31.4 Å². The first-order valence-corrected chi connectivity index (χ1v) is 9.33. The number of hydrogen-bond donors (Lipinski definition) is 2. The molecular weight excluding hydrogens is 340 g/mol. The Balaban J connectivity index is 1.98. The molecule has 0 aliphatic heterocycles. The highest BCUT2D eigenvalue weighted by Gasteiger charge is 2.14. The van der Waals surface area contributed by atoms with Crippen molar-refractivity contribution >= 4 is 15.9 Å². The number of carbonyl (C=O) groups is 1. The summed E-state index contributed by atoms with van der Waals surface area (Å²) in [5, 5.41) is 2.82. The summed E-state index contributed by atoms with van der Waals surface area (Å²) in [6, 6.07) is 13.7. The summed E-state index contributed by atoms with van der Waals surface area (Å²) in [5.41, 5.74) is 2.54. The second kappa shape index (κ2) is 8.75. The highest BCUT2D eigenvalue weighted by molar-refractivity contribution is 7.89. The average molecular weight is 362 g/mol. The molecule has 2 rings (SSSR count). The molecular formula is C18H22N2O4S. The van der Waals surface area contributed by atoms with Crippen molar-refractivity contribution in [2.45, 2.75) is 18.4 Å². The normalized spacial score (nSPS) is 11.3. The lowest BCUT2D eigenvalue weighted by molar-refractivity contribution is 0.0951. The van der Waals surface area contributed by atoms with E-state index in [1.54, 1.807) is 0 Å². The minimum Gasteiger partial charge on any atom is -0.383 e. The fraction of sp³-hybridized carbons (Fsp3) is 0.278. The molecule has 2 aromatic carbocycles. The van der Waals surface area contributed by atoms with Gasteiger partial charge < -0.3 is 10.1 Å². The predicted octanol–water partition coefficient (Wildman–Crippen LogP) is 1.85. The van der Waals surface area contributed by atoms with Crippen LogP contribution in [0.4, 0.5) is 0 Å². The number of ether oxygens (including phenoxy) is 1. The zero-order chi connectivity index (χ0) is 18.3. The first kappa shape index (κ1) is 19.1. The molecule has 2 aromatic rings. The fourth-order valence-corrected chi connectivity index (χ4v) is 3.27. The minimum atomic E-state index is -3.60. The van der Waals surface area contributed by atoms with E-state index in [9.17, 15) is 13.2 Å². The first-order valence-electron chi connectivity index (χ1n) is 7.85. The summed E-state index contributed by atoms with van der Waals surface area (Å²) in [5.74, 6) is -0.252. The number of amides is 1. The van der Waals surface area contributed by atoms with Gasteiger partial charge in [-0.25, -0.2) is 13.1 Å². The fourth-order valence-electron chi connectivity index (χ4n) is 2.25. The molecule has 0 radical (unpaired) electrons. The van der Waals surface area contributed by atoms with Gasteiger partial charge in [-0.15, -0.1) is 0 Å². The molecule has 6 nitrogen and oxygen atoms in total. The first-order chi connectivity index (χ1) is 11.9. The van der Waals surface area contributed by atoms with E-state index in [0.717, 1.165) is 11.1 Å². The van der Waals surface area contributed by atoms with Crippen LogP contribution in [0.15, 0.2) is 53.4 Å². The molecule has 0 saturated carbocycles. The monoisotopic (exact) mass is 362 g/mol. The molecule has 0 spiro atoms. The summed E-state index contributed by atoms with van der Waals surface area (Å²) in [4.78, 5) is 12.3. The number of nitrogens with one attached hydrogen (secondary N) is 2. The number of carbonyl (C=O) groups excluding carboxylic acids is 1. The summed E-state index contributed by atoms with van der Waals surface area (Å²) < 4.78 is 31.4. The van der Waals surface area contributed by atoms with Crippen LogP contribution >= 0.6 is 0 Å². The lowest BCUT2D eigenvalue weighted by atomic mass is 10.1. The molecule has 0 aliphatic carbocycles.